The zero-order valence-corrected chi connectivity index (χ0v) is 17.6. The van der Waals surface area contributed by atoms with E-state index < -0.39 is 6.03 Å². The van der Waals surface area contributed by atoms with Crippen molar-refractivity contribution in [2.75, 3.05) is 11.9 Å². The molecule has 137 valence electrons. The predicted molar refractivity (Wildman–Crippen MR) is 97.9 cm³/mol. The van der Waals surface area contributed by atoms with Crippen LogP contribution in [0.5, 0.6) is 5.75 Å². The van der Waals surface area contributed by atoms with E-state index in [1.807, 2.05) is 12.1 Å². The average Bonchev–Trinajstić information content (AvgIpc) is 3.11. The molecule has 7 heteroatoms. The molecule has 2 aromatic carbocycles. The van der Waals surface area contributed by atoms with Crippen LogP contribution in [-0.2, 0) is 26.8 Å². The summed E-state index contributed by atoms with van der Waals surface area (Å²) in [6.07, 6.45) is 2.04. The van der Waals surface area contributed by atoms with E-state index in [1.165, 1.54) is 11.8 Å². The van der Waals surface area contributed by atoms with E-state index in [2.05, 4.69) is 42.7 Å². The second-order valence-electron chi connectivity index (χ2n) is 6.28. The summed E-state index contributed by atoms with van der Waals surface area (Å²) in [7, 11) is 0. The summed E-state index contributed by atoms with van der Waals surface area (Å²) < 4.78 is 5.77. The van der Waals surface area contributed by atoms with Gasteiger partial charge >= 0.3 is 0 Å². The van der Waals surface area contributed by atoms with E-state index in [9.17, 15) is 10.1 Å². The molecule has 0 bridgehead atoms. The van der Waals surface area contributed by atoms with Gasteiger partial charge in [0.25, 0.3) is 0 Å². The van der Waals surface area contributed by atoms with Gasteiger partial charge in [-0.25, -0.2) is 0 Å². The summed E-state index contributed by atoms with van der Waals surface area (Å²) in [6.45, 7) is 4.74. The standard InChI is InChI=1S/C20H18N4O2.Re/c1-12(2)13-3-5-14(6-4-13)16-9-18(24-20(25)23-11-22)17(10-21)15-7-8-26-19(15)16;/h3-6,9,12H,7-8H2,1-2H3,(H2,23,24,25);/p-1. The van der Waals surface area contributed by atoms with E-state index in [-0.39, 0.29) is 20.4 Å². The summed E-state index contributed by atoms with van der Waals surface area (Å²) in [5.74, 6) is 1.10. The van der Waals surface area contributed by atoms with Gasteiger partial charge in [-0.3, -0.25) is 10.1 Å². The van der Waals surface area contributed by atoms with Crippen molar-refractivity contribution in [3.63, 3.8) is 0 Å². The van der Waals surface area contributed by atoms with Gasteiger partial charge in [0, 0.05) is 49.9 Å². The third kappa shape index (κ3) is 4.12. The topological polar surface area (TPSA) is 100 Å². The zero-order valence-electron chi connectivity index (χ0n) is 14.9. The first kappa shape index (κ1) is 20.5. The number of amides is 2. The number of carbonyl (C=O) groups excluding carboxylic acids is 1. The Labute approximate surface area is 171 Å². The predicted octanol–water partition coefficient (Wildman–Crippen LogP) is 4.67. The first-order chi connectivity index (χ1) is 12.5. The van der Waals surface area contributed by atoms with Crippen molar-refractivity contribution in [1.29, 1.82) is 10.5 Å². The van der Waals surface area contributed by atoms with Crippen LogP contribution in [0.3, 0.4) is 0 Å². The van der Waals surface area contributed by atoms with Gasteiger partial charge in [0.05, 0.1) is 12.2 Å². The molecule has 0 atom stereocenters. The van der Waals surface area contributed by atoms with E-state index >= 15 is 0 Å². The normalized spacial score (nSPS) is 11.4. The number of ether oxygens (including phenoxy) is 1. The van der Waals surface area contributed by atoms with Gasteiger partial charge in [-0.1, -0.05) is 38.1 Å². The van der Waals surface area contributed by atoms with Crippen LogP contribution in [0.15, 0.2) is 30.3 Å². The molecular weight excluding hydrogens is 514 g/mol. The number of hydrogen-bond acceptors (Lipinski definition) is 4. The Kier molecular flexibility index (Phi) is 6.59. The number of rotatable bonds is 3. The number of fused-ring (bicyclic) bond motifs is 1. The number of carbonyl (C=O) groups is 1. The largest absolute Gasteiger partial charge is 0.492 e. The van der Waals surface area contributed by atoms with Gasteiger partial charge in [0.2, 0.25) is 6.03 Å². The Bertz CT molecular complexity index is 940. The molecule has 1 N–H and O–H groups in total. The molecule has 1 radical (unpaired) electrons. The first-order valence-corrected chi connectivity index (χ1v) is 8.29. The van der Waals surface area contributed by atoms with Crippen molar-refractivity contribution in [2.45, 2.75) is 26.2 Å². The first-order valence-electron chi connectivity index (χ1n) is 8.29. The molecule has 1 aliphatic heterocycles. The quantitative estimate of drug-likeness (QED) is 0.582. The van der Waals surface area contributed by atoms with Crippen LogP contribution in [0.4, 0.5) is 10.5 Å². The zero-order chi connectivity index (χ0) is 18.7. The van der Waals surface area contributed by atoms with Gasteiger partial charge in [-0.05, 0) is 23.1 Å². The van der Waals surface area contributed by atoms with Crippen LogP contribution in [0.2, 0.25) is 0 Å². The molecule has 2 aromatic rings. The van der Waals surface area contributed by atoms with Crippen molar-refractivity contribution in [3.8, 4) is 29.1 Å². The minimum Gasteiger partial charge on any atom is -0.492 e. The summed E-state index contributed by atoms with van der Waals surface area (Å²) in [4.78, 5) is 11.7. The molecule has 0 saturated carbocycles. The van der Waals surface area contributed by atoms with E-state index in [1.54, 1.807) is 6.07 Å². The molecule has 0 fully saturated rings. The van der Waals surface area contributed by atoms with E-state index in [0.717, 1.165) is 16.7 Å². The average molecular weight is 532 g/mol. The van der Waals surface area contributed by atoms with Crippen molar-refractivity contribution < 1.29 is 30.0 Å². The SMILES string of the molecule is CC(C)c1ccc(-c2cc(NC(=O)[N-]C#N)c(C#N)c3c2OCC3)cc1.[Re]. The molecule has 0 aromatic heterocycles. The molecule has 3 rings (SSSR count). The van der Waals surface area contributed by atoms with Gasteiger partial charge in [-0.15, -0.1) is 0 Å². The van der Waals surface area contributed by atoms with Crippen LogP contribution in [0, 0.1) is 22.8 Å². The second-order valence-corrected chi connectivity index (χ2v) is 6.28. The van der Waals surface area contributed by atoms with Crippen LogP contribution in [0.25, 0.3) is 16.4 Å². The minimum absolute atomic E-state index is 0. The number of hydrogen-bond donors (Lipinski definition) is 1. The summed E-state index contributed by atoms with van der Waals surface area (Å²) >= 11 is 0. The number of nitriles is 2. The molecule has 0 saturated heterocycles. The number of anilines is 1. The maximum Gasteiger partial charge on any atom is 0.227 e. The fraction of sp³-hybridized carbons (Fsp3) is 0.250. The Balaban J connectivity index is 0.00000261. The van der Waals surface area contributed by atoms with E-state index in [0.29, 0.717) is 35.9 Å². The van der Waals surface area contributed by atoms with Gasteiger partial charge in [-0.2, -0.15) is 5.26 Å². The molecule has 0 spiro atoms. The summed E-state index contributed by atoms with van der Waals surface area (Å²) in [6, 6.07) is 11.2. The second kappa shape index (κ2) is 8.69. The Morgan fingerprint density at radius 3 is 2.56 bits per heavy atom. The van der Waals surface area contributed by atoms with Crippen LogP contribution >= 0.6 is 0 Å². The van der Waals surface area contributed by atoms with E-state index in [4.69, 9.17) is 10.00 Å². The molecule has 1 heterocycles. The molecular formula is C20H17N4O2Re-. The van der Waals surface area contributed by atoms with Gasteiger partial charge < -0.3 is 15.3 Å². The molecule has 27 heavy (non-hydrogen) atoms. The Hall–Kier alpha value is -2.85. The van der Waals surface area contributed by atoms with Crippen molar-refractivity contribution in [3.05, 3.63) is 52.3 Å². The fourth-order valence-corrected chi connectivity index (χ4v) is 3.06. The Morgan fingerprint density at radius 2 is 1.96 bits per heavy atom. The third-order valence-electron chi connectivity index (χ3n) is 4.37. The molecule has 1 aliphatic rings. The van der Waals surface area contributed by atoms with Crippen molar-refractivity contribution >= 4 is 11.7 Å². The van der Waals surface area contributed by atoms with Crippen LogP contribution < -0.4 is 10.1 Å². The molecule has 0 aliphatic carbocycles. The molecule has 2 amide bonds. The van der Waals surface area contributed by atoms with Gasteiger partial charge in [0.1, 0.15) is 11.8 Å². The number of nitrogens with zero attached hydrogens (tertiary/aromatic N) is 3. The third-order valence-corrected chi connectivity index (χ3v) is 4.37. The monoisotopic (exact) mass is 532 g/mol. The molecule has 0 unspecified atom stereocenters. The number of nitrogens with one attached hydrogen (secondary N) is 1. The Morgan fingerprint density at radius 1 is 1.26 bits per heavy atom. The fourth-order valence-electron chi connectivity index (χ4n) is 3.06. The van der Waals surface area contributed by atoms with Gasteiger partial charge in [0.15, 0.2) is 0 Å². The maximum atomic E-state index is 11.7. The van der Waals surface area contributed by atoms with Crippen molar-refractivity contribution in [1.82, 2.24) is 0 Å². The summed E-state index contributed by atoms with van der Waals surface area (Å²) in [5.41, 5.74) is 4.42. The van der Waals surface area contributed by atoms with Crippen molar-refractivity contribution in [2.24, 2.45) is 0 Å². The number of benzene rings is 2. The van der Waals surface area contributed by atoms with Crippen LogP contribution in [0.1, 0.15) is 36.5 Å². The molecule has 6 nitrogen and oxygen atoms in total. The smallest absolute Gasteiger partial charge is 0.227 e. The minimum atomic E-state index is -0.802. The number of urea groups is 1. The summed E-state index contributed by atoms with van der Waals surface area (Å²) in [5, 5.41) is 23.7. The maximum absolute atomic E-state index is 11.7. The van der Waals surface area contributed by atoms with Crippen LogP contribution in [-0.4, -0.2) is 12.6 Å².